The summed E-state index contributed by atoms with van der Waals surface area (Å²) in [5, 5.41) is 11.7. The van der Waals surface area contributed by atoms with Gasteiger partial charge in [-0.1, -0.05) is 19.1 Å². The molecule has 118 valence electrons. The Morgan fingerprint density at radius 3 is 2.65 bits per heavy atom. The Morgan fingerprint density at radius 2 is 2.00 bits per heavy atom. The van der Waals surface area contributed by atoms with Crippen LogP contribution in [0, 0.1) is 23.1 Å². The van der Waals surface area contributed by atoms with E-state index in [1.165, 1.54) is 11.0 Å². The molecule has 1 amide bonds. The standard InChI is InChI=1S/C17H15F2N3O/c1-2-12-4-3-5-14(8-12)22(11-20)10-17(23)21-13-6-7-15(18)16(19)9-13/h3-9H,2,10H2,1H3,(H,21,23). The molecule has 2 aromatic carbocycles. The Hall–Kier alpha value is -2.94. The number of nitriles is 1. The fraction of sp³-hybridized carbons (Fsp3) is 0.176. The third kappa shape index (κ3) is 4.27. The zero-order chi connectivity index (χ0) is 16.8. The van der Waals surface area contributed by atoms with Crippen molar-refractivity contribution >= 4 is 17.3 Å². The number of hydrogen-bond donors (Lipinski definition) is 1. The Balaban J connectivity index is 2.07. The molecule has 0 bridgehead atoms. The van der Waals surface area contributed by atoms with Gasteiger partial charge < -0.3 is 5.32 Å². The zero-order valence-corrected chi connectivity index (χ0v) is 12.5. The summed E-state index contributed by atoms with van der Waals surface area (Å²) in [5.74, 6) is -2.53. The smallest absolute Gasteiger partial charge is 0.245 e. The largest absolute Gasteiger partial charge is 0.324 e. The van der Waals surface area contributed by atoms with E-state index in [0.717, 1.165) is 24.1 Å². The number of amides is 1. The van der Waals surface area contributed by atoms with Gasteiger partial charge in [-0.3, -0.25) is 9.69 Å². The summed E-state index contributed by atoms with van der Waals surface area (Å²) in [6, 6.07) is 10.4. The van der Waals surface area contributed by atoms with Crippen LogP contribution in [0.15, 0.2) is 42.5 Å². The molecule has 0 saturated carbocycles. The first-order valence-corrected chi connectivity index (χ1v) is 7.04. The summed E-state index contributed by atoms with van der Waals surface area (Å²) < 4.78 is 26.0. The highest BCUT2D eigenvalue weighted by atomic mass is 19.2. The molecule has 2 rings (SSSR count). The normalized spacial score (nSPS) is 10.0. The number of benzene rings is 2. The van der Waals surface area contributed by atoms with Gasteiger partial charge in [0.2, 0.25) is 5.91 Å². The average Bonchev–Trinajstić information content (AvgIpc) is 2.56. The van der Waals surface area contributed by atoms with Gasteiger partial charge in [-0.25, -0.2) is 8.78 Å². The number of hydrogen-bond acceptors (Lipinski definition) is 3. The lowest BCUT2D eigenvalue weighted by Gasteiger charge is -2.16. The molecule has 0 aliphatic carbocycles. The predicted molar refractivity (Wildman–Crippen MR) is 83.8 cm³/mol. The van der Waals surface area contributed by atoms with Gasteiger partial charge in [0.15, 0.2) is 17.8 Å². The Morgan fingerprint density at radius 1 is 1.22 bits per heavy atom. The number of rotatable bonds is 5. The van der Waals surface area contributed by atoms with Crippen LogP contribution < -0.4 is 10.2 Å². The molecule has 0 fully saturated rings. The van der Waals surface area contributed by atoms with E-state index < -0.39 is 17.5 Å². The van der Waals surface area contributed by atoms with E-state index in [1.54, 1.807) is 6.07 Å². The molecule has 1 N–H and O–H groups in total. The molecule has 2 aromatic rings. The summed E-state index contributed by atoms with van der Waals surface area (Å²) in [6.07, 6.45) is 2.76. The van der Waals surface area contributed by atoms with E-state index in [0.29, 0.717) is 5.69 Å². The minimum absolute atomic E-state index is 0.133. The number of anilines is 2. The van der Waals surface area contributed by atoms with Gasteiger partial charge >= 0.3 is 0 Å². The van der Waals surface area contributed by atoms with E-state index in [9.17, 15) is 18.8 Å². The maximum atomic E-state index is 13.1. The summed E-state index contributed by atoms with van der Waals surface area (Å²) in [4.78, 5) is 13.2. The predicted octanol–water partition coefficient (Wildman–Crippen LogP) is 3.45. The van der Waals surface area contributed by atoms with E-state index in [2.05, 4.69) is 5.32 Å². The first kappa shape index (κ1) is 16.4. The van der Waals surface area contributed by atoms with E-state index in [4.69, 9.17) is 0 Å². The number of carbonyl (C=O) groups excluding carboxylic acids is 1. The van der Waals surface area contributed by atoms with Gasteiger partial charge in [0.05, 0.1) is 5.69 Å². The fourth-order valence-electron chi connectivity index (χ4n) is 2.05. The maximum absolute atomic E-state index is 13.1. The van der Waals surface area contributed by atoms with Crippen molar-refractivity contribution in [2.24, 2.45) is 0 Å². The molecule has 6 heteroatoms. The zero-order valence-electron chi connectivity index (χ0n) is 12.5. The number of carbonyl (C=O) groups is 1. The van der Waals surface area contributed by atoms with Crippen LogP contribution in [0.1, 0.15) is 12.5 Å². The minimum Gasteiger partial charge on any atom is -0.324 e. The van der Waals surface area contributed by atoms with Crippen LogP contribution in [0.3, 0.4) is 0 Å². The summed E-state index contributed by atoms with van der Waals surface area (Å²) in [6.45, 7) is 1.77. The Kier molecular flexibility index (Phi) is 5.26. The molecule has 4 nitrogen and oxygen atoms in total. The van der Waals surface area contributed by atoms with Crippen molar-refractivity contribution in [2.75, 3.05) is 16.8 Å². The van der Waals surface area contributed by atoms with Gasteiger partial charge in [0, 0.05) is 11.8 Å². The van der Waals surface area contributed by atoms with Crippen LogP contribution in [0.25, 0.3) is 0 Å². The monoisotopic (exact) mass is 315 g/mol. The maximum Gasteiger partial charge on any atom is 0.245 e. The first-order valence-electron chi connectivity index (χ1n) is 7.04. The van der Waals surface area contributed by atoms with Gasteiger partial charge in [-0.05, 0) is 36.2 Å². The van der Waals surface area contributed by atoms with E-state index >= 15 is 0 Å². The van der Waals surface area contributed by atoms with Crippen molar-refractivity contribution in [1.29, 1.82) is 5.26 Å². The summed E-state index contributed by atoms with van der Waals surface area (Å²) in [5.41, 5.74) is 1.78. The molecule has 0 aromatic heterocycles. The molecular weight excluding hydrogens is 300 g/mol. The van der Waals surface area contributed by atoms with Crippen molar-refractivity contribution in [3.8, 4) is 6.19 Å². The molecular formula is C17H15F2N3O. The van der Waals surface area contributed by atoms with E-state index in [-0.39, 0.29) is 12.2 Å². The van der Waals surface area contributed by atoms with Crippen molar-refractivity contribution in [2.45, 2.75) is 13.3 Å². The van der Waals surface area contributed by atoms with Crippen LogP contribution in [0.2, 0.25) is 0 Å². The Bertz CT molecular complexity index is 756. The molecule has 0 spiro atoms. The van der Waals surface area contributed by atoms with E-state index in [1.807, 2.05) is 31.3 Å². The third-order valence-corrected chi connectivity index (χ3v) is 3.26. The SMILES string of the molecule is CCc1cccc(N(C#N)CC(=O)Nc2ccc(F)c(F)c2)c1. The number of halogens is 2. The highest BCUT2D eigenvalue weighted by molar-refractivity contribution is 5.94. The van der Waals surface area contributed by atoms with Crippen LogP contribution in [0.5, 0.6) is 0 Å². The molecule has 0 radical (unpaired) electrons. The lowest BCUT2D eigenvalue weighted by Crippen LogP contribution is -2.29. The van der Waals surface area contributed by atoms with Crippen molar-refractivity contribution in [3.05, 3.63) is 59.7 Å². The van der Waals surface area contributed by atoms with Crippen LogP contribution in [-0.2, 0) is 11.2 Å². The van der Waals surface area contributed by atoms with Gasteiger partial charge in [0.1, 0.15) is 6.54 Å². The molecule has 0 unspecified atom stereocenters. The topological polar surface area (TPSA) is 56.1 Å². The number of nitrogens with zero attached hydrogens (tertiary/aromatic N) is 2. The average molecular weight is 315 g/mol. The quantitative estimate of drug-likeness (QED) is 0.679. The lowest BCUT2D eigenvalue weighted by molar-refractivity contribution is -0.114. The molecule has 0 aliphatic heterocycles. The second kappa shape index (κ2) is 7.36. The molecule has 0 saturated heterocycles. The van der Waals surface area contributed by atoms with Crippen LogP contribution >= 0.6 is 0 Å². The second-order valence-electron chi connectivity index (χ2n) is 4.89. The summed E-state index contributed by atoms with van der Waals surface area (Å²) in [7, 11) is 0. The second-order valence-corrected chi connectivity index (χ2v) is 4.89. The first-order chi connectivity index (χ1) is 11.0. The fourth-order valence-corrected chi connectivity index (χ4v) is 2.05. The summed E-state index contributed by atoms with van der Waals surface area (Å²) >= 11 is 0. The van der Waals surface area contributed by atoms with Crippen LogP contribution in [0.4, 0.5) is 20.2 Å². The van der Waals surface area contributed by atoms with Crippen LogP contribution in [-0.4, -0.2) is 12.5 Å². The number of nitrogens with one attached hydrogen (secondary N) is 1. The Labute approximate surface area is 133 Å². The third-order valence-electron chi connectivity index (χ3n) is 3.26. The minimum atomic E-state index is -1.05. The van der Waals surface area contributed by atoms with Crippen molar-refractivity contribution in [3.63, 3.8) is 0 Å². The van der Waals surface area contributed by atoms with Crippen molar-refractivity contribution < 1.29 is 13.6 Å². The van der Waals surface area contributed by atoms with Gasteiger partial charge in [-0.2, -0.15) is 5.26 Å². The molecule has 0 atom stereocenters. The highest BCUT2D eigenvalue weighted by Crippen LogP contribution is 2.17. The van der Waals surface area contributed by atoms with Gasteiger partial charge in [-0.15, -0.1) is 0 Å². The molecule has 0 heterocycles. The highest BCUT2D eigenvalue weighted by Gasteiger charge is 2.12. The van der Waals surface area contributed by atoms with Crippen molar-refractivity contribution in [1.82, 2.24) is 0 Å². The molecule has 23 heavy (non-hydrogen) atoms. The number of aryl methyl sites for hydroxylation is 1. The lowest BCUT2D eigenvalue weighted by atomic mass is 10.1. The molecule has 0 aliphatic rings. The van der Waals surface area contributed by atoms with Gasteiger partial charge in [0.25, 0.3) is 0 Å².